The molecule has 1 aromatic heterocycles. The molecule has 6 heteroatoms. The van der Waals surface area contributed by atoms with Crippen LogP contribution in [0.15, 0.2) is 66.9 Å². The van der Waals surface area contributed by atoms with E-state index in [9.17, 15) is 4.79 Å². The minimum atomic E-state index is -0.196. The number of hydroxylamine groups is 2. The highest BCUT2D eigenvalue weighted by molar-refractivity contribution is 5.88. The standard InChI is InChI=1S/C23H23N3O3/c1-28-18-10-8-16(9-11-18)23-21-7-4-12-25(23)15-26(29-21)22(27)13-17-14-24-20-6-3-2-5-19(17)20/h2-11,14,21,23-24H,12-13,15H2,1H3. The molecule has 6 nitrogen and oxygen atoms in total. The molecule has 0 spiro atoms. The van der Waals surface area contributed by atoms with Crippen LogP contribution in [0.5, 0.6) is 5.75 Å². The van der Waals surface area contributed by atoms with Crippen molar-refractivity contribution >= 4 is 16.8 Å². The van der Waals surface area contributed by atoms with Gasteiger partial charge in [0.2, 0.25) is 0 Å². The van der Waals surface area contributed by atoms with Gasteiger partial charge in [0, 0.05) is 23.6 Å². The fourth-order valence-corrected chi connectivity index (χ4v) is 4.21. The van der Waals surface area contributed by atoms with Crippen LogP contribution in [0.3, 0.4) is 0 Å². The Kier molecular flexibility index (Phi) is 4.58. The van der Waals surface area contributed by atoms with Gasteiger partial charge in [-0.2, -0.15) is 0 Å². The number of aromatic nitrogens is 1. The summed E-state index contributed by atoms with van der Waals surface area (Å²) in [5.41, 5.74) is 3.18. The maximum atomic E-state index is 13.0. The minimum absolute atomic E-state index is 0.0340. The quantitative estimate of drug-likeness (QED) is 0.695. The molecular formula is C23H23N3O3. The van der Waals surface area contributed by atoms with Gasteiger partial charge in [-0.25, -0.2) is 5.06 Å². The molecule has 2 bridgehead atoms. The van der Waals surface area contributed by atoms with E-state index in [-0.39, 0.29) is 18.1 Å². The van der Waals surface area contributed by atoms with Crippen LogP contribution in [0.4, 0.5) is 0 Å². The van der Waals surface area contributed by atoms with Crippen LogP contribution < -0.4 is 4.74 Å². The zero-order valence-electron chi connectivity index (χ0n) is 16.2. The molecule has 3 unspecified atom stereocenters. The second-order valence-corrected chi connectivity index (χ2v) is 7.44. The van der Waals surface area contributed by atoms with Crippen LogP contribution >= 0.6 is 0 Å². The number of ether oxygens (including phenoxy) is 1. The average Bonchev–Trinajstić information content (AvgIpc) is 3.16. The Balaban J connectivity index is 1.34. The van der Waals surface area contributed by atoms with E-state index in [1.165, 1.54) is 5.06 Å². The van der Waals surface area contributed by atoms with Crippen LogP contribution in [0.25, 0.3) is 10.9 Å². The molecule has 2 aliphatic rings. The van der Waals surface area contributed by atoms with Gasteiger partial charge in [0.25, 0.3) is 5.91 Å². The Morgan fingerprint density at radius 2 is 2.03 bits per heavy atom. The summed E-state index contributed by atoms with van der Waals surface area (Å²) >= 11 is 0. The van der Waals surface area contributed by atoms with E-state index in [4.69, 9.17) is 9.57 Å². The highest BCUT2D eigenvalue weighted by Gasteiger charge is 2.39. The second-order valence-electron chi connectivity index (χ2n) is 7.44. The van der Waals surface area contributed by atoms with Crippen molar-refractivity contribution in [3.05, 3.63) is 78.0 Å². The fraction of sp³-hybridized carbons (Fsp3) is 0.261. The van der Waals surface area contributed by atoms with Crippen molar-refractivity contribution < 1.29 is 14.4 Å². The lowest BCUT2D eigenvalue weighted by Gasteiger charge is -2.46. The molecule has 3 aromatic rings. The smallest absolute Gasteiger partial charge is 0.251 e. The molecule has 3 atom stereocenters. The van der Waals surface area contributed by atoms with Crippen LogP contribution in [-0.4, -0.2) is 47.3 Å². The molecule has 1 fully saturated rings. The van der Waals surface area contributed by atoms with Crippen molar-refractivity contribution in [3.8, 4) is 5.75 Å². The van der Waals surface area contributed by atoms with E-state index in [0.717, 1.165) is 34.3 Å². The van der Waals surface area contributed by atoms with Gasteiger partial charge in [0.1, 0.15) is 18.5 Å². The summed E-state index contributed by atoms with van der Waals surface area (Å²) in [6, 6.07) is 16.2. The van der Waals surface area contributed by atoms with Crippen LogP contribution in [0.2, 0.25) is 0 Å². The number of benzene rings is 2. The predicted molar refractivity (Wildman–Crippen MR) is 110 cm³/mol. The topological polar surface area (TPSA) is 57.8 Å². The number of hydrogen-bond donors (Lipinski definition) is 1. The Bertz CT molecular complexity index is 1060. The van der Waals surface area contributed by atoms with Gasteiger partial charge in [-0.15, -0.1) is 0 Å². The average molecular weight is 389 g/mol. The number of para-hydroxylation sites is 1. The van der Waals surface area contributed by atoms with Gasteiger partial charge < -0.3 is 9.72 Å². The first-order valence-corrected chi connectivity index (χ1v) is 9.80. The second kappa shape index (κ2) is 7.39. The molecule has 2 aliphatic heterocycles. The van der Waals surface area contributed by atoms with Gasteiger partial charge in [0.05, 0.1) is 19.6 Å². The van der Waals surface area contributed by atoms with Crippen molar-refractivity contribution in [1.29, 1.82) is 0 Å². The number of carbonyl (C=O) groups is 1. The fourth-order valence-electron chi connectivity index (χ4n) is 4.21. The Labute approximate surface area is 169 Å². The molecule has 148 valence electrons. The summed E-state index contributed by atoms with van der Waals surface area (Å²) in [6.07, 6.45) is 6.18. The van der Waals surface area contributed by atoms with Crippen molar-refractivity contribution in [3.63, 3.8) is 0 Å². The molecule has 1 amide bonds. The summed E-state index contributed by atoms with van der Waals surface area (Å²) in [6.45, 7) is 1.23. The Morgan fingerprint density at radius 1 is 1.21 bits per heavy atom. The van der Waals surface area contributed by atoms with Gasteiger partial charge in [0.15, 0.2) is 0 Å². The van der Waals surface area contributed by atoms with Crippen molar-refractivity contribution in [2.24, 2.45) is 0 Å². The third kappa shape index (κ3) is 3.30. The summed E-state index contributed by atoms with van der Waals surface area (Å²) < 4.78 is 5.27. The summed E-state index contributed by atoms with van der Waals surface area (Å²) in [7, 11) is 1.66. The van der Waals surface area contributed by atoms with Gasteiger partial charge in [-0.1, -0.05) is 42.5 Å². The summed E-state index contributed by atoms with van der Waals surface area (Å²) in [4.78, 5) is 24.6. The third-order valence-corrected chi connectivity index (χ3v) is 5.68. The molecule has 29 heavy (non-hydrogen) atoms. The van der Waals surface area contributed by atoms with Crippen molar-refractivity contribution in [1.82, 2.24) is 14.9 Å². The van der Waals surface area contributed by atoms with E-state index in [1.807, 2.05) is 42.6 Å². The molecule has 0 saturated carbocycles. The number of amides is 1. The van der Waals surface area contributed by atoms with E-state index in [2.05, 4.69) is 34.2 Å². The normalized spacial score (nSPS) is 23.3. The first-order valence-electron chi connectivity index (χ1n) is 9.80. The number of nitrogens with zero attached hydrogens (tertiary/aromatic N) is 2. The number of hydrogen-bond acceptors (Lipinski definition) is 4. The van der Waals surface area contributed by atoms with Crippen molar-refractivity contribution in [2.45, 2.75) is 18.6 Å². The van der Waals surface area contributed by atoms with Crippen LogP contribution in [0, 0.1) is 0 Å². The molecule has 3 heterocycles. The number of rotatable bonds is 4. The first-order chi connectivity index (χ1) is 14.2. The number of methoxy groups -OCH3 is 1. The molecule has 1 saturated heterocycles. The highest BCUT2D eigenvalue weighted by atomic mass is 16.7. The maximum Gasteiger partial charge on any atom is 0.251 e. The van der Waals surface area contributed by atoms with Gasteiger partial charge in [-0.05, 0) is 29.3 Å². The largest absolute Gasteiger partial charge is 0.497 e. The number of nitrogens with one attached hydrogen (secondary N) is 1. The molecule has 0 aliphatic carbocycles. The van der Waals surface area contributed by atoms with Crippen molar-refractivity contribution in [2.75, 3.05) is 20.3 Å². The van der Waals surface area contributed by atoms with E-state index >= 15 is 0 Å². The number of aromatic amines is 1. The minimum Gasteiger partial charge on any atom is -0.497 e. The van der Waals surface area contributed by atoms with Crippen LogP contribution in [0.1, 0.15) is 17.2 Å². The summed E-state index contributed by atoms with van der Waals surface area (Å²) in [5.74, 6) is 0.796. The van der Waals surface area contributed by atoms with E-state index in [1.54, 1.807) is 7.11 Å². The lowest BCUT2D eigenvalue weighted by Crippen LogP contribution is -2.55. The zero-order chi connectivity index (χ0) is 19.8. The predicted octanol–water partition coefficient (Wildman–Crippen LogP) is 3.43. The molecule has 2 aromatic carbocycles. The van der Waals surface area contributed by atoms with E-state index in [0.29, 0.717) is 13.1 Å². The number of H-pyrrole nitrogens is 1. The van der Waals surface area contributed by atoms with Crippen LogP contribution in [-0.2, 0) is 16.1 Å². The van der Waals surface area contributed by atoms with Gasteiger partial charge >= 0.3 is 0 Å². The zero-order valence-corrected chi connectivity index (χ0v) is 16.2. The molecular weight excluding hydrogens is 366 g/mol. The molecule has 0 radical (unpaired) electrons. The highest BCUT2D eigenvalue weighted by Crippen LogP contribution is 2.35. The third-order valence-electron chi connectivity index (χ3n) is 5.68. The monoisotopic (exact) mass is 389 g/mol. The molecule has 5 rings (SSSR count). The lowest BCUT2D eigenvalue weighted by atomic mass is 9.96. The summed E-state index contributed by atoms with van der Waals surface area (Å²) in [5, 5.41) is 2.59. The Morgan fingerprint density at radius 3 is 2.83 bits per heavy atom. The SMILES string of the molecule is COc1ccc(C2C3C=CCN2CN(C(=O)Cc2c[nH]c4ccccc24)O3)cc1. The number of fused-ring (bicyclic) bond motifs is 3. The number of carbonyl (C=O) groups excluding carboxylic acids is 1. The lowest BCUT2D eigenvalue weighted by molar-refractivity contribution is -0.254. The first kappa shape index (κ1) is 18.0. The van der Waals surface area contributed by atoms with E-state index < -0.39 is 0 Å². The Hall–Kier alpha value is -3.09. The molecule has 1 N–H and O–H groups in total. The maximum absolute atomic E-state index is 13.0. The van der Waals surface area contributed by atoms with Gasteiger partial charge in [-0.3, -0.25) is 14.5 Å².